The summed E-state index contributed by atoms with van der Waals surface area (Å²) in [7, 11) is 1.65. The molecule has 2 aromatic heterocycles. The number of ether oxygens (including phenoxy) is 1. The quantitative estimate of drug-likeness (QED) is 0.597. The molecule has 3 heterocycles. The van der Waals surface area contributed by atoms with Gasteiger partial charge in [-0.15, -0.1) is 0 Å². The van der Waals surface area contributed by atoms with E-state index in [0.29, 0.717) is 6.42 Å². The normalized spacial score (nSPS) is 15.7. The van der Waals surface area contributed by atoms with Gasteiger partial charge >= 0.3 is 0 Å². The number of benzene rings is 1. The molecule has 0 bridgehead atoms. The summed E-state index contributed by atoms with van der Waals surface area (Å²) < 4.78 is 5.20. The molecule has 31 heavy (non-hydrogen) atoms. The number of aromatic nitrogens is 2. The second kappa shape index (κ2) is 9.60. The molecule has 6 nitrogen and oxygen atoms in total. The minimum atomic E-state index is 0.0505. The first-order chi connectivity index (χ1) is 15.1. The molecule has 0 aliphatic carbocycles. The van der Waals surface area contributed by atoms with Gasteiger partial charge in [0.05, 0.1) is 30.7 Å². The van der Waals surface area contributed by atoms with Gasteiger partial charge in [0.1, 0.15) is 11.6 Å². The maximum absolute atomic E-state index is 12.9. The van der Waals surface area contributed by atoms with Crippen molar-refractivity contribution in [1.29, 1.82) is 0 Å². The third-order valence-corrected chi connectivity index (χ3v) is 5.65. The summed E-state index contributed by atoms with van der Waals surface area (Å²) in [5.41, 5.74) is 3.93. The number of likely N-dealkylation sites (tertiary alicyclic amines) is 1. The highest BCUT2D eigenvalue weighted by Gasteiger charge is 2.30. The second-order valence-corrected chi connectivity index (χ2v) is 7.85. The third-order valence-electron chi connectivity index (χ3n) is 5.65. The van der Waals surface area contributed by atoms with Crippen LogP contribution in [0.5, 0.6) is 5.75 Å². The number of amides is 1. The van der Waals surface area contributed by atoms with Crippen LogP contribution in [-0.4, -0.2) is 34.4 Å². The Hall–Kier alpha value is -3.41. The van der Waals surface area contributed by atoms with Gasteiger partial charge in [-0.25, -0.2) is 4.98 Å². The molecule has 0 spiro atoms. The van der Waals surface area contributed by atoms with Gasteiger partial charge in [0.2, 0.25) is 5.91 Å². The van der Waals surface area contributed by atoms with Gasteiger partial charge in [-0.3, -0.25) is 9.78 Å². The van der Waals surface area contributed by atoms with Crippen molar-refractivity contribution in [3.63, 3.8) is 0 Å². The number of nitrogens with zero attached hydrogens (tertiary/aromatic N) is 3. The maximum atomic E-state index is 12.9. The molecule has 1 aromatic carbocycles. The van der Waals surface area contributed by atoms with Crippen LogP contribution >= 0.6 is 0 Å². The predicted molar refractivity (Wildman–Crippen MR) is 121 cm³/mol. The largest absolute Gasteiger partial charge is 0.497 e. The van der Waals surface area contributed by atoms with Crippen LogP contribution in [-0.2, 0) is 11.2 Å². The summed E-state index contributed by atoms with van der Waals surface area (Å²) in [4.78, 5) is 24.0. The number of rotatable bonds is 7. The van der Waals surface area contributed by atoms with Gasteiger partial charge in [-0.2, -0.15) is 0 Å². The first-order valence-corrected chi connectivity index (χ1v) is 10.7. The van der Waals surface area contributed by atoms with E-state index in [-0.39, 0.29) is 11.9 Å². The van der Waals surface area contributed by atoms with Crippen molar-refractivity contribution < 1.29 is 9.53 Å². The zero-order valence-corrected chi connectivity index (χ0v) is 18.0. The number of hydrogen-bond acceptors (Lipinski definition) is 5. The topological polar surface area (TPSA) is 67.3 Å². The number of anilines is 2. The fourth-order valence-electron chi connectivity index (χ4n) is 4.00. The van der Waals surface area contributed by atoms with Crippen LogP contribution in [0, 0.1) is 6.92 Å². The lowest BCUT2D eigenvalue weighted by molar-refractivity contribution is -0.132. The maximum Gasteiger partial charge on any atom is 0.223 e. The highest BCUT2D eigenvalue weighted by Crippen LogP contribution is 2.32. The SMILES string of the molecule is COc1ccc(CCC(=O)N2CCC[C@H]2c2ccc(Nc3cccc(C)n3)cn2)cc1. The van der Waals surface area contributed by atoms with Crippen LogP contribution in [0.25, 0.3) is 0 Å². The van der Waals surface area contributed by atoms with Crippen molar-refractivity contribution in [3.8, 4) is 5.75 Å². The van der Waals surface area contributed by atoms with Crippen molar-refractivity contribution in [1.82, 2.24) is 14.9 Å². The minimum absolute atomic E-state index is 0.0505. The van der Waals surface area contributed by atoms with E-state index in [1.165, 1.54) is 0 Å². The lowest BCUT2D eigenvalue weighted by Crippen LogP contribution is -2.31. The van der Waals surface area contributed by atoms with E-state index < -0.39 is 0 Å². The standard InChI is InChI=1S/C25H28N4O2/c1-18-5-3-7-24(27-18)28-20-11-14-22(26-17-20)23-6-4-16-29(23)25(30)15-10-19-8-12-21(31-2)13-9-19/h3,5,7-9,11-14,17,23H,4,6,10,15-16H2,1-2H3,(H,27,28)/t23-/m0/s1. The molecule has 6 heteroatoms. The number of methoxy groups -OCH3 is 1. The summed E-state index contributed by atoms with van der Waals surface area (Å²) in [6.07, 6.45) is 5.01. The molecular weight excluding hydrogens is 388 g/mol. The fourth-order valence-corrected chi connectivity index (χ4v) is 4.00. The molecule has 1 aliphatic heterocycles. The lowest BCUT2D eigenvalue weighted by Gasteiger charge is -2.24. The van der Waals surface area contributed by atoms with Crippen LogP contribution in [0.15, 0.2) is 60.8 Å². The van der Waals surface area contributed by atoms with Gasteiger partial charge in [-0.05, 0) is 68.1 Å². The smallest absolute Gasteiger partial charge is 0.223 e. The van der Waals surface area contributed by atoms with Gasteiger partial charge in [0.25, 0.3) is 0 Å². The van der Waals surface area contributed by atoms with Crippen LogP contribution in [0.4, 0.5) is 11.5 Å². The Morgan fingerprint density at radius 2 is 2.00 bits per heavy atom. The van der Waals surface area contributed by atoms with E-state index in [1.807, 2.05) is 72.6 Å². The first kappa shape index (κ1) is 20.8. The van der Waals surface area contributed by atoms with E-state index in [2.05, 4.69) is 15.3 Å². The molecule has 1 saturated heterocycles. The Morgan fingerprint density at radius 3 is 2.71 bits per heavy atom. The summed E-state index contributed by atoms with van der Waals surface area (Å²) in [5, 5.41) is 3.28. The molecular formula is C25H28N4O2. The van der Waals surface area contributed by atoms with E-state index in [4.69, 9.17) is 4.74 Å². The number of carbonyl (C=O) groups excluding carboxylic acids is 1. The van der Waals surface area contributed by atoms with E-state index in [1.54, 1.807) is 7.11 Å². The Balaban J connectivity index is 1.37. The van der Waals surface area contributed by atoms with Crippen molar-refractivity contribution in [2.24, 2.45) is 0 Å². The monoisotopic (exact) mass is 416 g/mol. The molecule has 0 radical (unpaired) electrons. The zero-order chi connectivity index (χ0) is 21.6. The van der Waals surface area contributed by atoms with Crippen LogP contribution < -0.4 is 10.1 Å². The second-order valence-electron chi connectivity index (χ2n) is 7.85. The number of pyridine rings is 2. The van der Waals surface area contributed by atoms with Crippen LogP contribution in [0.2, 0.25) is 0 Å². The molecule has 0 saturated carbocycles. The van der Waals surface area contributed by atoms with E-state index in [0.717, 1.165) is 60.0 Å². The molecule has 1 amide bonds. The summed E-state index contributed by atoms with van der Waals surface area (Å²) in [6, 6.07) is 17.8. The van der Waals surface area contributed by atoms with Crippen molar-refractivity contribution in [2.45, 2.75) is 38.6 Å². The average molecular weight is 417 g/mol. The number of carbonyl (C=O) groups is 1. The lowest BCUT2D eigenvalue weighted by atomic mass is 10.1. The highest BCUT2D eigenvalue weighted by atomic mass is 16.5. The van der Waals surface area contributed by atoms with Crippen molar-refractivity contribution in [2.75, 3.05) is 19.0 Å². The third kappa shape index (κ3) is 5.20. The van der Waals surface area contributed by atoms with Gasteiger partial charge in [0.15, 0.2) is 0 Å². The Kier molecular flexibility index (Phi) is 6.46. The van der Waals surface area contributed by atoms with Crippen molar-refractivity contribution >= 4 is 17.4 Å². The average Bonchev–Trinajstić information content (AvgIpc) is 3.28. The number of hydrogen-bond donors (Lipinski definition) is 1. The zero-order valence-electron chi connectivity index (χ0n) is 18.0. The summed E-state index contributed by atoms with van der Waals surface area (Å²) >= 11 is 0. The van der Waals surface area contributed by atoms with E-state index >= 15 is 0 Å². The molecule has 160 valence electrons. The van der Waals surface area contributed by atoms with Crippen molar-refractivity contribution in [3.05, 3.63) is 77.7 Å². The Morgan fingerprint density at radius 1 is 1.16 bits per heavy atom. The van der Waals surface area contributed by atoms with E-state index in [9.17, 15) is 4.79 Å². The van der Waals surface area contributed by atoms with Crippen LogP contribution in [0.1, 0.15) is 42.3 Å². The number of nitrogens with one attached hydrogen (secondary N) is 1. The number of aryl methyl sites for hydroxylation is 2. The molecule has 1 atom stereocenters. The molecule has 1 fully saturated rings. The minimum Gasteiger partial charge on any atom is -0.497 e. The fraction of sp³-hybridized carbons (Fsp3) is 0.320. The molecule has 1 aliphatic rings. The molecule has 3 aromatic rings. The Bertz CT molecular complexity index is 1020. The molecule has 0 unspecified atom stereocenters. The van der Waals surface area contributed by atoms with Gasteiger partial charge in [-0.1, -0.05) is 18.2 Å². The van der Waals surface area contributed by atoms with Gasteiger partial charge < -0.3 is 15.0 Å². The highest BCUT2D eigenvalue weighted by molar-refractivity contribution is 5.77. The Labute approximate surface area is 183 Å². The summed E-state index contributed by atoms with van der Waals surface area (Å²) in [5.74, 6) is 1.81. The van der Waals surface area contributed by atoms with Gasteiger partial charge in [0, 0.05) is 18.7 Å². The summed E-state index contributed by atoms with van der Waals surface area (Å²) in [6.45, 7) is 2.76. The molecule has 1 N–H and O–H groups in total. The first-order valence-electron chi connectivity index (χ1n) is 10.7. The predicted octanol–water partition coefficient (Wildman–Crippen LogP) is 4.83. The van der Waals surface area contributed by atoms with Crippen LogP contribution in [0.3, 0.4) is 0 Å². The molecule has 4 rings (SSSR count).